The molecule has 1 saturated heterocycles. The highest BCUT2D eigenvalue weighted by molar-refractivity contribution is 6.39. The maximum Gasteiger partial charge on any atom is 0.311 e. The van der Waals surface area contributed by atoms with Crippen molar-refractivity contribution in [2.24, 2.45) is 13.0 Å². The van der Waals surface area contributed by atoms with Gasteiger partial charge in [0.2, 0.25) is 0 Å². The second kappa shape index (κ2) is 13.5. The van der Waals surface area contributed by atoms with Crippen LogP contribution in [0.15, 0.2) is 84.6 Å². The number of fused-ring (bicyclic) bond motifs is 1. The Morgan fingerprint density at radius 3 is 2.55 bits per heavy atom. The van der Waals surface area contributed by atoms with Crippen molar-refractivity contribution in [3.05, 3.63) is 128 Å². The monoisotopic (exact) mass is 667 g/mol. The Bertz CT molecular complexity index is 2110. The molecule has 0 aliphatic carbocycles. The van der Waals surface area contributed by atoms with E-state index in [4.69, 9.17) is 32.9 Å². The van der Waals surface area contributed by atoms with Gasteiger partial charge in [-0.15, -0.1) is 0 Å². The van der Waals surface area contributed by atoms with Crippen LogP contribution in [-0.4, -0.2) is 51.5 Å². The Kier molecular flexibility index (Phi) is 9.22. The van der Waals surface area contributed by atoms with Crippen molar-refractivity contribution in [3.8, 4) is 11.1 Å². The van der Waals surface area contributed by atoms with E-state index >= 15 is 0 Å². The first-order valence-electron chi connectivity index (χ1n) is 14.9. The number of hydrogen-bond donors (Lipinski definition) is 1. The Hall–Kier alpha value is -4.83. The van der Waals surface area contributed by atoms with Crippen LogP contribution in [0.3, 0.4) is 0 Å². The number of nitrogens with zero attached hydrogens (tertiary/aromatic N) is 4. The average Bonchev–Trinajstić information content (AvgIpc) is 3.05. The summed E-state index contributed by atoms with van der Waals surface area (Å²) in [6.07, 6.45) is 7.21. The first-order chi connectivity index (χ1) is 22.7. The number of rotatable bonds is 9. The molecule has 1 amide bonds. The average molecular weight is 669 g/mol. The summed E-state index contributed by atoms with van der Waals surface area (Å²) in [5.41, 5.74) is 5.27. The van der Waals surface area contributed by atoms with Gasteiger partial charge in [0.05, 0.1) is 40.0 Å². The molecule has 238 valence electrons. The predicted octanol–water partition coefficient (Wildman–Crippen LogP) is 6.39. The Morgan fingerprint density at radius 2 is 1.81 bits per heavy atom. The van der Waals surface area contributed by atoms with E-state index in [1.54, 1.807) is 37.7 Å². The van der Waals surface area contributed by atoms with Crippen LogP contribution in [0.25, 0.3) is 28.1 Å². The molecule has 0 saturated carbocycles. The molecule has 1 aliphatic heterocycles. The molecule has 0 unspecified atom stereocenters. The molecule has 1 N–H and O–H groups in total. The molecule has 5 aromatic rings. The molecule has 0 spiro atoms. The van der Waals surface area contributed by atoms with Gasteiger partial charge in [0.15, 0.2) is 0 Å². The first kappa shape index (κ1) is 32.1. The summed E-state index contributed by atoms with van der Waals surface area (Å²) in [6.45, 7) is 5.76. The minimum atomic E-state index is -0.582. The number of halogens is 2. The lowest BCUT2D eigenvalue weighted by atomic mass is 9.98. The fraction of sp³-hybridized carbons (Fsp3) is 0.194. The van der Waals surface area contributed by atoms with Crippen molar-refractivity contribution in [2.75, 3.05) is 25.5 Å². The van der Waals surface area contributed by atoms with E-state index < -0.39 is 11.5 Å². The molecule has 2 aromatic carbocycles. The van der Waals surface area contributed by atoms with Gasteiger partial charge in [-0.1, -0.05) is 66.2 Å². The van der Waals surface area contributed by atoms with Gasteiger partial charge in [0.1, 0.15) is 5.56 Å². The fourth-order valence-corrected chi connectivity index (χ4v) is 6.37. The third-order valence-corrected chi connectivity index (χ3v) is 9.14. The van der Waals surface area contributed by atoms with Crippen molar-refractivity contribution < 1.29 is 14.3 Å². The van der Waals surface area contributed by atoms with Crippen molar-refractivity contribution in [1.82, 2.24) is 19.4 Å². The largest absolute Gasteiger partial charge is 0.469 e. The van der Waals surface area contributed by atoms with E-state index in [2.05, 4.69) is 27.8 Å². The SMILES string of the molecule is C=Cc1cc(C(=O)Nc2cccc(-c3cccc(Cc4nccc5cc(CN6CC(C(=O)OC)C6)cnc45)c3Cl)c2Cl)c(=O)n(C)c1. The summed E-state index contributed by atoms with van der Waals surface area (Å²) >= 11 is 13.8. The number of esters is 1. The molecule has 11 heteroatoms. The summed E-state index contributed by atoms with van der Waals surface area (Å²) in [7, 11) is 2.99. The number of anilines is 1. The second-order valence-corrected chi connectivity index (χ2v) is 12.2. The van der Waals surface area contributed by atoms with Gasteiger partial charge < -0.3 is 14.6 Å². The van der Waals surface area contributed by atoms with Crippen LogP contribution < -0.4 is 10.9 Å². The summed E-state index contributed by atoms with van der Waals surface area (Å²) in [5.74, 6) is -0.824. The van der Waals surface area contributed by atoms with Gasteiger partial charge in [0.25, 0.3) is 11.5 Å². The number of likely N-dealkylation sites (tertiary alicyclic amines) is 1. The zero-order chi connectivity index (χ0) is 33.2. The third kappa shape index (κ3) is 6.55. The second-order valence-electron chi connectivity index (χ2n) is 11.5. The molecule has 0 bridgehead atoms. The Morgan fingerprint density at radius 1 is 1.06 bits per heavy atom. The highest BCUT2D eigenvalue weighted by Gasteiger charge is 2.33. The maximum absolute atomic E-state index is 13.2. The number of pyridine rings is 3. The molecule has 47 heavy (non-hydrogen) atoms. The normalized spacial score (nSPS) is 13.3. The van der Waals surface area contributed by atoms with E-state index in [0.29, 0.717) is 53.5 Å². The van der Waals surface area contributed by atoms with Crippen LogP contribution in [0.4, 0.5) is 5.69 Å². The van der Waals surface area contributed by atoms with Crippen LogP contribution in [0.2, 0.25) is 10.0 Å². The van der Waals surface area contributed by atoms with Crippen molar-refractivity contribution in [2.45, 2.75) is 13.0 Å². The zero-order valence-corrected chi connectivity index (χ0v) is 27.3. The van der Waals surface area contributed by atoms with Crippen LogP contribution in [0, 0.1) is 5.92 Å². The van der Waals surface area contributed by atoms with E-state index in [1.807, 2.05) is 36.5 Å². The highest BCUT2D eigenvalue weighted by atomic mass is 35.5. The molecule has 1 aliphatic rings. The standard InChI is InChI=1S/C36H31Cl2N5O4/c1-4-21-14-28(35(45)42(2)17-21)34(44)41-29-10-6-9-27(32(29)38)26-8-5-7-23(31(26)37)15-30-33-24(11-12-39-30)13-22(16-40-33)18-43-19-25(20-43)36(46)47-3/h4-14,16-17,25H,1,15,18-20H2,2-3H3,(H,41,44). The molecule has 3 aromatic heterocycles. The quantitative estimate of drug-likeness (QED) is 0.182. The Balaban J connectivity index is 1.23. The van der Waals surface area contributed by atoms with Gasteiger partial charge in [-0.05, 0) is 41.0 Å². The highest BCUT2D eigenvalue weighted by Crippen LogP contribution is 2.39. The molecule has 1 fully saturated rings. The molecular weight excluding hydrogens is 637 g/mol. The summed E-state index contributed by atoms with van der Waals surface area (Å²) < 4.78 is 6.18. The van der Waals surface area contributed by atoms with Crippen LogP contribution in [0.1, 0.15) is 32.7 Å². The minimum absolute atomic E-state index is 0.0255. The van der Waals surface area contributed by atoms with E-state index in [-0.39, 0.29) is 22.5 Å². The molecule has 0 radical (unpaired) electrons. The minimum Gasteiger partial charge on any atom is -0.469 e. The number of benzene rings is 2. The number of nitrogens with one attached hydrogen (secondary N) is 1. The molecule has 9 nitrogen and oxygen atoms in total. The lowest BCUT2D eigenvalue weighted by Crippen LogP contribution is -2.49. The van der Waals surface area contributed by atoms with E-state index in [1.165, 1.54) is 17.7 Å². The Labute approximate surface area is 281 Å². The number of hydrogen-bond acceptors (Lipinski definition) is 7. The van der Waals surface area contributed by atoms with Crippen molar-refractivity contribution in [1.29, 1.82) is 0 Å². The zero-order valence-electron chi connectivity index (χ0n) is 25.8. The van der Waals surface area contributed by atoms with Crippen LogP contribution in [0.5, 0.6) is 0 Å². The van der Waals surface area contributed by atoms with Gasteiger partial charge in [0, 0.05) is 68.2 Å². The molecule has 6 rings (SSSR count). The number of ether oxygens (including phenoxy) is 1. The lowest BCUT2D eigenvalue weighted by molar-refractivity contribution is -0.151. The topological polar surface area (TPSA) is 106 Å². The number of methoxy groups -OCH3 is 1. The number of aromatic nitrogens is 3. The van der Waals surface area contributed by atoms with Crippen molar-refractivity contribution >= 4 is 57.7 Å². The van der Waals surface area contributed by atoms with Crippen molar-refractivity contribution in [3.63, 3.8) is 0 Å². The summed E-state index contributed by atoms with van der Waals surface area (Å²) in [4.78, 5) is 49.1. The molecule has 0 atom stereocenters. The number of amides is 1. The van der Waals surface area contributed by atoms with Crippen LogP contribution in [-0.2, 0) is 29.5 Å². The molecule has 4 heterocycles. The predicted molar refractivity (Wildman–Crippen MR) is 185 cm³/mol. The van der Waals surface area contributed by atoms with Gasteiger partial charge in [-0.25, -0.2) is 0 Å². The van der Waals surface area contributed by atoms with Gasteiger partial charge >= 0.3 is 5.97 Å². The van der Waals surface area contributed by atoms with Crippen LogP contribution >= 0.6 is 23.2 Å². The van der Waals surface area contributed by atoms with E-state index in [9.17, 15) is 14.4 Å². The first-order valence-corrected chi connectivity index (χ1v) is 15.7. The van der Waals surface area contributed by atoms with Gasteiger partial charge in [-0.3, -0.25) is 29.3 Å². The summed E-state index contributed by atoms with van der Waals surface area (Å²) in [5, 5.41) is 4.53. The fourth-order valence-electron chi connectivity index (χ4n) is 5.80. The number of carbonyl (C=O) groups is 2. The number of carbonyl (C=O) groups excluding carboxylic acids is 2. The summed E-state index contributed by atoms with van der Waals surface area (Å²) in [6, 6.07) is 16.5. The number of aryl methyl sites for hydroxylation is 1. The van der Waals surface area contributed by atoms with Gasteiger partial charge in [-0.2, -0.15) is 0 Å². The maximum atomic E-state index is 13.2. The third-order valence-electron chi connectivity index (χ3n) is 8.29. The molecular formula is C36H31Cl2N5O4. The van der Waals surface area contributed by atoms with E-state index in [0.717, 1.165) is 27.7 Å². The lowest BCUT2D eigenvalue weighted by Gasteiger charge is -2.37. The smallest absolute Gasteiger partial charge is 0.311 e.